The lowest BCUT2D eigenvalue weighted by molar-refractivity contribution is 1.56. The second-order valence-electron chi connectivity index (χ2n) is 7.85. The lowest BCUT2D eigenvalue weighted by atomic mass is 10.0. The Hall–Kier alpha value is -2.82. The van der Waals surface area contributed by atoms with Gasteiger partial charge in [-0.2, -0.15) is 0 Å². The molecule has 0 saturated heterocycles. The minimum absolute atomic E-state index is 1.12. The van der Waals surface area contributed by atoms with Crippen LogP contribution >= 0.6 is 31.9 Å². The van der Waals surface area contributed by atoms with Crippen LogP contribution in [0.15, 0.2) is 81.7 Å². The van der Waals surface area contributed by atoms with E-state index in [9.17, 15) is 0 Å². The minimum atomic E-state index is 1.12. The highest BCUT2D eigenvalue weighted by Gasteiger charge is 2.15. The number of rotatable bonds is 0. The van der Waals surface area contributed by atoms with Gasteiger partial charge >= 0.3 is 0 Å². The molecule has 0 radical (unpaired) electrons. The fourth-order valence-electron chi connectivity index (χ4n) is 4.88. The van der Waals surface area contributed by atoms with Crippen LogP contribution in [0.4, 0.5) is 0 Å². The zero-order valence-corrected chi connectivity index (χ0v) is 18.9. The Morgan fingerprint density at radius 3 is 1.27 bits per heavy atom. The highest BCUT2D eigenvalue weighted by atomic mass is 79.9. The Labute approximate surface area is 188 Å². The quantitative estimate of drug-likeness (QED) is 0.203. The molecular weight excluding hydrogens is 500 g/mol. The van der Waals surface area contributed by atoms with Gasteiger partial charge in [-0.25, -0.2) is 0 Å². The maximum absolute atomic E-state index is 3.77. The van der Waals surface area contributed by atoms with Crippen LogP contribution in [-0.2, 0) is 0 Å². The Morgan fingerprint density at radius 2 is 0.833 bits per heavy atom. The van der Waals surface area contributed by atoms with Crippen molar-refractivity contribution in [3.05, 3.63) is 81.7 Å². The summed E-state index contributed by atoms with van der Waals surface area (Å²) < 4.78 is 2.25. The lowest BCUT2D eigenvalue weighted by Gasteiger charge is -2.02. The molecule has 2 N–H and O–H groups in total. The topological polar surface area (TPSA) is 31.6 Å². The van der Waals surface area contributed by atoms with Crippen molar-refractivity contribution in [2.45, 2.75) is 0 Å². The molecule has 0 saturated carbocycles. The van der Waals surface area contributed by atoms with E-state index in [2.05, 4.69) is 115 Å². The van der Waals surface area contributed by atoms with E-state index in [1.807, 2.05) is 0 Å². The summed E-state index contributed by atoms with van der Waals surface area (Å²) in [6.45, 7) is 0. The van der Waals surface area contributed by atoms with E-state index in [0.717, 1.165) is 20.0 Å². The van der Waals surface area contributed by atoms with Crippen LogP contribution in [0.3, 0.4) is 0 Å². The summed E-state index contributed by atoms with van der Waals surface area (Å²) in [5.41, 5.74) is 4.69. The van der Waals surface area contributed by atoms with Crippen LogP contribution < -0.4 is 0 Å². The van der Waals surface area contributed by atoms with Gasteiger partial charge in [-0.05, 0) is 35.0 Å². The fourth-order valence-corrected chi connectivity index (χ4v) is 6.03. The molecule has 0 amide bonds. The summed E-state index contributed by atoms with van der Waals surface area (Å²) in [6, 6.07) is 26.1. The maximum Gasteiger partial charge on any atom is 0.0545 e. The molecule has 5 aromatic carbocycles. The van der Waals surface area contributed by atoms with Crippen LogP contribution in [0.1, 0.15) is 0 Å². The lowest BCUT2D eigenvalue weighted by Crippen LogP contribution is -1.77. The molecule has 142 valence electrons. The molecule has 7 aromatic rings. The number of H-pyrrole nitrogens is 2. The average molecular weight is 514 g/mol. The van der Waals surface area contributed by atoms with E-state index in [-0.39, 0.29) is 0 Å². The van der Waals surface area contributed by atoms with Crippen LogP contribution in [0.2, 0.25) is 0 Å². The van der Waals surface area contributed by atoms with Crippen LogP contribution in [0.5, 0.6) is 0 Å². The van der Waals surface area contributed by atoms with Crippen molar-refractivity contribution in [2.24, 2.45) is 0 Å². The highest BCUT2D eigenvalue weighted by Crippen LogP contribution is 2.40. The molecule has 0 unspecified atom stereocenters. The van der Waals surface area contributed by atoms with Gasteiger partial charge in [-0.15, -0.1) is 0 Å². The van der Waals surface area contributed by atoms with E-state index in [1.165, 1.54) is 54.1 Å². The SMILES string of the molecule is Brc1cc2c3cc4[nH]c5c6ccccc6c(Br)cc5c4cc3[nH]c2c2ccccc12. The van der Waals surface area contributed by atoms with Gasteiger partial charge in [0.25, 0.3) is 0 Å². The largest absolute Gasteiger partial charge is 0.354 e. The number of benzene rings is 5. The molecular formula is C26H14Br2N2. The van der Waals surface area contributed by atoms with Gasteiger partial charge in [-0.3, -0.25) is 0 Å². The Kier molecular flexibility index (Phi) is 3.31. The highest BCUT2D eigenvalue weighted by molar-refractivity contribution is 9.11. The van der Waals surface area contributed by atoms with Crippen molar-refractivity contribution < 1.29 is 0 Å². The second kappa shape index (κ2) is 5.87. The van der Waals surface area contributed by atoms with Crippen molar-refractivity contribution in [1.82, 2.24) is 9.97 Å². The maximum atomic E-state index is 3.77. The number of aromatic amines is 2. The average Bonchev–Trinajstić information content (AvgIpc) is 3.31. The van der Waals surface area contributed by atoms with Crippen molar-refractivity contribution in [3.8, 4) is 0 Å². The third kappa shape index (κ3) is 2.13. The smallest absolute Gasteiger partial charge is 0.0545 e. The van der Waals surface area contributed by atoms with Gasteiger partial charge in [0, 0.05) is 52.3 Å². The van der Waals surface area contributed by atoms with Crippen LogP contribution in [-0.4, -0.2) is 9.97 Å². The first-order valence-electron chi connectivity index (χ1n) is 9.84. The van der Waals surface area contributed by atoms with E-state index in [0.29, 0.717) is 0 Å². The van der Waals surface area contributed by atoms with Crippen molar-refractivity contribution in [2.75, 3.05) is 0 Å². The fraction of sp³-hybridized carbons (Fsp3) is 0. The number of aromatic nitrogens is 2. The summed E-state index contributed by atoms with van der Waals surface area (Å²) in [5, 5.41) is 9.87. The molecule has 0 aliphatic rings. The zero-order chi connectivity index (χ0) is 20.0. The third-order valence-corrected chi connectivity index (χ3v) is 7.56. The molecule has 7 rings (SSSR count). The predicted octanol–water partition coefficient (Wildman–Crippen LogP) is 8.79. The molecule has 0 aliphatic heterocycles. The number of halogens is 2. The summed E-state index contributed by atoms with van der Waals surface area (Å²) >= 11 is 7.55. The summed E-state index contributed by atoms with van der Waals surface area (Å²) in [6.07, 6.45) is 0. The van der Waals surface area contributed by atoms with Gasteiger partial charge in [0.05, 0.1) is 11.0 Å². The normalized spacial score (nSPS) is 12.3. The van der Waals surface area contributed by atoms with Gasteiger partial charge in [0.1, 0.15) is 0 Å². The molecule has 0 aliphatic carbocycles. The van der Waals surface area contributed by atoms with Gasteiger partial charge in [0.15, 0.2) is 0 Å². The van der Waals surface area contributed by atoms with Crippen molar-refractivity contribution in [1.29, 1.82) is 0 Å². The molecule has 0 spiro atoms. The van der Waals surface area contributed by atoms with Crippen molar-refractivity contribution in [3.63, 3.8) is 0 Å². The van der Waals surface area contributed by atoms with E-state index in [1.54, 1.807) is 0 Å². The Balaban J connectivity index is 1.67. The molecule has 0 bridgehead atoms. The first kappa shape index (κ1) is 16.9. The standard InChI is InChI=1S/C26H14Br2N2/c27-21-9-19-17-11-24-18(12-23(17)29-25(19)15-7-3-1-5-13(15)21)20-10-22(28)14-6-2-4-8-16(14)26(20)30-24/h1-12,29-30H. The Bertz CT molecular complexity index is 1690. The molecule has 2 nitrogen and oxygen atoms in total. The summed E-state index contributed by atoms with van der Waals surface area (Å²) in [5.74, 6) is 0. The van der Waals surface area contributed by atoms with E-state index >= 15 is 0 Å². The summed E-state index contributed by atoms with van der Waals surface area (Å²) in [4.78, 5) is 7.40. The summed E-state index contributed by atoms with van der Waals surface area (Å²) in [7, 11) is 0. The molecule has 2 heterocycles. The van der Waals surface area contributed by atoms with Gasteiger partial charge in [0.2, 0.25) is 0 Å². The van der Waals surface area contributed by atoms with Crippen LogP contribution in [0.25, 0.3) is 65.2 Å². The predicted molar refractivity (Wildman–Crippen MR) is 136 cm³/mol. The number of nitrogens with one attached hydrogen (secondary N) is 2. The number of hydrogen-bond donors (Lipinski definition) is 2. The molecule has 0 fully saturated rings. The zero-order valence-electron chi connectivity index (χ0n) is 15.7. The van der Waals surface area contributed by atoms with Gasteiger partial charge < -0.3 is 9.97 Å². The van der Waals surface area contributed by atoms with E-state index in [4.69, 9.17) is 0 Å². The first-order valence-corrected chi connectivity index (χ1v) is 11.4. The van der Waals surface area contributed by atoms with Crippen LogP contribution in [0, 0.1) is 0 Å². The molecule has 30 heavy (non-hydrogen) atoms. The third-order valence-electron chi connectivity index (χ3n) is 6.25. The molecule has 4 heteroatoms. The Morgan fingerprint density at radius 1 is 0.433 bits per heavy atom. The number of fused-ring (bicyclic) bond motifs is 10. The monoisotopic (exact) mass is 512 g/mol. The second-order valence-corrected chi connectivity index (χ2v) is 9.56. The van der Waals surface area contributed by atoms with Crippen molar-refractivity contribution >= 4 is 97.0 Å². The minimum Gasteiger partial charge on any atom is -0.354 e. The first-order chi connectivity index (χ1) is 14.7. The number of hydrogen-bond acceptors (Lipinski definition) is 0. The molecule has 2 aromatic heterocycles. The van der Waals surface area contributed by atoms with E-state index < -0.39 is 0 Å². The molecule has 0 atom stereocenters. The van der Waals surface area contributed by atoms with Gasteiger partial charge in [-0.1, -0.05) is 80.4 Å².